The Morgan fingerprint density at radius 3 is 1.43 bits per heavy atom. The molecule has 1 aromatic heterocycles. The van der Waals surface area contributed by atoms with E-state index in [1.54, 1.807) is 0 Å². The number of aromatic nitrogens is 2. The number of fused-ring (bicyclic) bond motifs is 18. The van der Waals surface area contributed by atoms with E-state index in [0.717, 1.165) is 39.2 Å². The molecule has 0 N–H and O–H groups in total. The van der Waals surface area contributed by atoms with Crippen molar-refractivity contribution in [3.8, 4) is 67.3 Å². The van der Waals surface area contributed by atoms with Crippen LogP contribution in [0, 0.1) is 0 Å². The van der Waals surface area contributed by atoms with E-state index in [-0.39, 0.29) is 0 Å². The van der Waals surface area contributed by atoms with Gasteiger partial charge in [-0.25, -0.2) is 9.97 Å². The molecule has 0 saturated heterocycles. The van der Waals surface area contributed by atoms with Crippen molar-refractivity contribution < 1.29 is 0 Å². The molecule has 322 valence electrons. The van der Waals surface area contributed by atoms with E-state index in [1.165, 1.54) is 82.8 Å². The Bertz CT molecular complexity index is 3670. The Kier molecular flexibility index (Phi) is 8.84. The molecule has 1 aliphatic heterocycles. The molecule has 0 atom stereocenters. The highest BCUT2D eigenvalue weighted by Crippen LogP contribution is 2.69. The summed E-state index contributed by atoms with van der Waals surface area (Å²) in [6.07, 6.45) is 6.40. The van der Waals surface area contributed by atoms with E-state index in [0.29, 0.717) is 5.82 Å². The first-order chi connectivity index (χ1) is 34.2. The quantitative estimate of drug-likeness (QED) is 0.176. The van der Waals surface area contributed by atoms with Gasteiger partial charge in [0.15, 0.2) is 5.82 Å². The van der Waals surface area contributed by atoms with Gasteiger partial charge in [0.1, 0.15) is 0 Å². The predicted octanol–water partition coefficient (Wildman–Crippen LogP) is 16.4. The molecule has 2 heterocycles. The molecule has 3 aliphatic carbocycles. The van der Waals surface area contributed by atoms with Crippen molar-refractivity contribution in [1.82, 2.24) is 9.97 Å². The van der Waals surface area contributed by atoms with E-state index in [4.69, 9.17) is 9.97 Å². The van der Waals surface area contributed by atoms with Crippen LogP contribution >= 0.6 is 11.8 Å². The molecule has 3 heteroatoms. The van der Waals surface area contributed by atoms with Crippen LogP contribution < -0.4 is 0 Å². The third-order valence-electron chi connectivity index (χ3n) is 15.0. The third kappa shape index (κ3) is 5.57. The second-order valence-corrected chi connectivity index (χ2v) is 19.3. The Morgan fingerprint density at radius 1 is 0.348 bits per heavy atom. The van der Waals surface area contributed by atoms with Crippen LogP contribution in [0.1, 0.15) is 50.1 Å². The van der Waals surface area contributed by atoms with Gasteiger partial charge in [-0.15, -0.1) is 0 Å². The maximum Gasteiger partial charge on any atom is 0.160 e. The van der Waals surface area contributed by atoms with Crippen LogP contribution in [0.4, 0.5) is 0 Å². The zero-order valence-electron chi connectivity index (χ0n) is 37.6. The fourth-order valence-corrected chi connectivity index (χ4v) is 13.3. The number of rotatable bonds is 4. The first kappa shape index (κ1) is 39.8. The molecular formula is C66H42N2S. The summed E-state index contributed by atoms with van der Waals surface area (Å²) in [5, 5.41) is 2.24. The molecule has 0 unspecified atom stereocenters. The molecule has 14 rings (SSSR count). The van der Waals surface area contributed by atoms with Crippen LogP contribution in [0.15, 0.2) is 253 Å². The minimum atomic E-state index is -0.706. The summed E-state index contributed by atoms with van der Waals surface area (Å²) in [4.78, 5) is 11.5. The molecule has 69 heavy (non-hydrogen) atoms. The van der Waals surface area contributed by atoms with Gasteiger partial charge < -0.3 is 0 Å². The van der Waals surface area contributed by atoms with Crippen molar-refractivity contribution in [2.75, 3.05) is 0 Å². The maximum absolute atomic E-state index is 5.20. The van der Waals surface area contributed by atoms with E-state index in [9.17, 15) is 0 Å². The number of hydrogen-bond donors (Lipinski definition) is 0. The molecule has 9 aromatic carbocycles. The van der Waals surface area contributed by atoms with Crippen molar-refractivity contribution in [3.05, 3.63) is 299 Å². The van der Waals surface area contributed by atoms with Crippen LogP contribution in [-0.4, -0.2) is 9.97 Å². The number of thioether (sulfide) groups is 1. The van der Waals surface area contributed by atoms with Crippen molar-refractivity contribution in [2.45, 2.75) is 15.7 Å². The minimum Gasteiger partial charge on any atom is -0.228 e. The Balaban J connectivity index is 1.04. The normalized spacial score (nSPS) is 15.7. The molecule has 2 nitrogen and oxygen atoms in total. The van der Waals surface area contributed by atoms with E-state index < -0.39 is 10.8 Å². The lowest BCUT2D eigenvalue weighted by atomic mass is 9.52. The van der Waals surface area contributed by atoms with Gasteiger partial charge in [0.25, 0.3) is 0 Å². The fraction of sp³-hybridized carbons (Fsp3) is 0.0303. The first-order valence-corrected chi connectivity index (χ1v) is 24.5. The van der Waals surface area contributed by atoms with Crippen molar-refractivity contribution in [2.24, 2.45) is 0 Å². The van der Waals surface area contributed by atoms with Gasteiger partial charge in [-0.1, -0.05) is 249 Å². The van der Waals surface area contributed by atoms with Gasteiger partial charge in [-0.3, -0.25) is 0 Å². The second kappa shape index (κ2) is 15.3. The monoisotopic (exact) mass is 894 g/mol. The highest BCUT2D eigenvalue weighted by atomic mass is 32.2. The van der Waals surface area contributed by atoms with Gasteiger partial charge in [-0.05, 0) is 100 Å². The molecule has 0 fully saturated rings. The summed E-state index contributed by atoms with van der Waals surface area (Å²) >= 11 is 1.82. The molecular weight excluding hydrogens is 853 g/mol. The van der Waals surface area contributed by atoms with Crippen LogP contribution in [-0.2, 0) is 10.8 Å². The van der Waals surface area contributed by atoms with Crippen LogP contribution in [0.25, 0.3) is 72.9 Å². The number of benzene rings is 9. The predicted molar refractivity (Wildman–Crippen MR) is 285 cm³/mol. The standard InChI is InChI=1S/C66H42N2S/c1-42-19-16-17-40-69-63-47(42)38-39-52-51-27-18-26-48(43-34-36-45(37-35-43)60-41-59(44-20-4-2-5-21-44)67-64(68-60)46-22-6-3-7-23-46)61(51)66(62(52)63)57-32-14-12-30-55(57)65(56-31-13-15-33-58(56)66)53-28-10-8-24-49(53)50-25-9-11-29-54(50)65/h2-41H,1H2/b19-16-,40-17-. The summed E-state index contributed by atoms with van der Waals surface area (Å²) in [5.74, 6) is 0.706. The lowest BCUT2D eigenvalue weighted by Gasteiger charge is -2.49. The third-order valence-corrected chi connectivity index (χ3v) is 16.0. The van der Waals surface area contributed by atoms with Gasteiger partial charge in [0, 0.05) is 21.6 Å². The topological polar surface area (TPSA) is 25.8 Å². The largest absolute Gasteiger partial charge is 0.228 e. The average Bonchev–Trinajstić information content (AvgIpc) is 3.88. The average molecular weight is 895 g/mol. The zero-order valence-corrected chi connectivity index (χ0v) is 38.4. The summed E-state index contributed by atoms with van der Waals surface area (Å²) in [5.41, 5.74) is 23.8. The Hall–Kier alpha value is -8.37. The summed E-state index contributed by atoms with van der Waals surface area (Å²) in [6.45, 7) is 4.66. The summed E-state index contributed by atoms with van der Waals surface area (Å²) in [7, 11) is 0. The minimum absolute atomic E-state index is 0.539. The molecule has 4 aliphatic rings. The lowest BCUT2D eigenvalue weighted by molar-refractivity contribution is 0.627. The maximum atomic E-state index is 5.20. The number of allylic oxidation sites excluding steroid dienone is 4. The highest BCUT2D eigenvalue weighted by molar-refractivity contribution is 8.02. The van der Waals surface area contributed by atoms with Gasteiger partial charge in [0.2, 0.25) is 0 Å². The smallest absolute Gasteiger partial charge is 0.160 e. The fourth-order valence-electron chi connectivity index (χ4n) is 12.3. The summed E-state index contributed by atoms with van der Waals surface area (Å²) < 4.78 is 0. The lowest BCUT2D eigenvalue weighted by Crippen LogP contribution is -2.44. The first-order valence-electron chi connectivity index (χ1n) is 23.7. The molecule has 0 radical (unpaired) electrons. The van der Waals surface area contributed by atoms with Crippen LogP contribution in [0.2, 0.25) is 0 Å². The molecule has 0 amide bonds. The SMILES string of the molecule is C=C1/C=C\C=C/Sc2c1ccc1c2C2(c3ccccc3C3(c4ccccc4-c4ccccc43)c3ccccc32)c2c(-c3ccc(-c4cc(-c5ccccc5)nc(-c5ccccc5)n4)cc3)cccc2-1. The zero-order chi connectivity index (χ0) is 45.7. The molecule has 10 aromatic rings. The van der Waals surface area contributed by atoms with E-state index >= 15 is 0 Å². The summed E-state index contributed by atoms with van der Waals surface area (Å²) in [6, 6.07) is 80.5. The van der Waals surface area contributed by atoms with Crippen molar-refractivity contribution in [3.63, 3.8) is 0 Å². The van der Waals surface area contributed by atoms with Gasteiger partial charge in [-0.2, -0.15) is 0 Å². The van der Waals surface area contributed by atoms with Crippen molar-refractivity contribution >= 4 is 17.3 Å². The van der Waals surface area contributed by atoms with Crippen LogP contribution in [0.3, 0.4) is 0 Å². The van der Waals surface area contributed by atoms with Crippen molar-refractivity contribution in [1.29, 1.82) is 0 Å². The van der Waals surface area contributed by atoms with Gasteiger partial charge >= 0.3 is 0 Å². The number of hydrogen-bond acceptors (Lipinski definition) is 3. The van der Waals surface area contributed by atoms with Crippen LogP contribution in [0.5, 0.6) is 0 Å². The number of nitrogens with zero attached hydrogens (tertiary/aromatic N) is 2. The molecule has 2 spiro atoms. The Morgan fingerprint density at radius 2 is 0.812 bits per heavy atom. The van der Waals surface area contributed by atoms with Gasteiger partial charge in [0.05, 0.1) is 22.2 Å². The van der Waals surface area contributed by atoms with E-state index in [1.807, 2.05) is 36.0 Å². The molecule has 0 bridgehead atoms. The van der Waals surface area contributed by atoms with E-state index in [2.05, 4.69) is 224 Å². The highest BCUT2D eigenvalue weighted by Gasteiger charge is 2.60. The second-order valence-electron chi connectivity index (χ2n) is 18.4. The Labute approximate surface area is 406 Å². The molecule has 0 saturated carbocycles.